The molecule has 3 N–H and O–H groups in total. The molecule has 0 atom stereocenters. The number of amides is 1. The smallest absolute Gasteiger partial charge is 0.255 e. The third-order valence-electron chi connectivity index (χ3n) is 4.96. The van der Waals surface area contributed by atoms with Gasteiger partial charge in [-0.25, -0.2) is 0 Å². The molecule has 5 nitrogen and oxygen atoms in total. The molecule has 0 spiro atoms. The minimum absolute atomic E-state index is 0.130. The second-order valence-corrected chi connectivity index (χ2v) is 8.80. The molecule has 0 saturated carbocycles. The lowest BCUT2D eigenvalue weighted by Crippen LogP contribution is -2.11. The standard InChI is InChI=1S/C27H32N2O3S/c1-3-5-16-31-24-19-26(25(18-23(24)28)32-17-6-4-2)33-22-14-12-21(13-15-22)29-27(30)20-10-8-7-9-11-20/h7-15,18-19H,3-6,16-17,28H2,1-2H3,(H,29,30). The van der Waals surface area contributed by atoms with Gasteiger partial charge in [0, 0.05) is 22.2 Å². The molecule has 0 bridgehead atoms. The highest BCUT2D eigenvalue weighted by molar-refractivity contribution is 7.99. The number of hydrogen-bond acceptors (Lipinski definition) is 5. The number of ether oxygens (including phenoxy) is 2. The summed E-state index contributed by atoms with van der Waals surface area (Å²) in [4.78, 5) is 14.4. The maximum atomic E-state index is 12.4. The first-order valence-electron chi connectivity index (χ1n) is 11.4. The maximum Gasteiger partial charge on any atom is 0.255 e. The number of nitrogens with two attached hydrogens (primary N) is 1. The van der Waals surface area contributed by atoms with Gasteiger partial charge < -0.3 is 20.5 Å². The van der Waals surface area contributed by atoms with Gasteiger partial charge in [0.1, 0.15) is 11.5 Å². The third-order valence-corrected chi connectivity index (χ3v) is 6.01. The van der Waals surface area contributed by atoms with Crippen molar-refractivity contribution in [3.05, 3.63) is 72.3 Å². The molecule has 3 aromatic rings. The summed E-state index contributed by atoms with van der Waals surface area (Å²) in [5.41, 5.74) is 8.19. The number of nitrogen functional groups attached to an aromatic ring is 1. The topological polar surface area (TPSA) is 73.6 Å². The summed E-state index contributed by atoms with van der Waals surface area (Å²) < 4.78 is 11.9. The number of anilines is 2. The van der Waals surface area contributed by atoms with Gasteiger partial charge in [-0.1, -0.05) is 56.7 Å². The lowest BCUT2D eigenvalue weighted by atomic mass is 10.2. The minimum atomic E-state index is -0.130. The summed E-state index contributed by atoms with van der Waals surface area (Å²) in [5.74, 6) is 1.31. The quantitative estimate of drug-likeness (QED) is 0.222. The molecule has 0 unspecified atom stereocenters. The minimum Gasteiger partial charge on any atom is -0.492 e. The Morgan fingerprint density at radius 1 is 0.879 bits per heavy atom. The zero-order valence-electron chi connectivity index (χ0n) is 19.3. The Morgan fingerprint density at radius 2 is 1.52 bits per heavy atom. The highest BCUT2D eigenvalue weighted by Gasteiger charge is 2.13. The van der Waals surface area contributed by atoms with Crippen LogP contribution in [0.1, 0.15) is 49.9 Å². The van der Waals surface area contributed by atoms with Crippen LogP contribution in [0.15, 0.2) is 76.5 Å². The molecule has 0 radical (unpaired) electrons. The molecule has 33 heavy (non-hydrogen) atoms. The lowest BCUT2D eigenvalue weighted by molar-refractivity contribution is 0.102. The Labute approximate surface area is 200 Å². The molecular formula is C27H32N2O3S. The number of rotatable bonds is 12. The van der Waals surface area contributed by atoms with Crippen LogP contribution < -0.4 is 20.5 Å². The Kier molecular flexibility index (Phi) is 9.51. The van der Waals surface area contributed by atoms with Gasteiger partial charge in [-0.3, -0.25) is 4.79 Å². The van der Waals surface area contributed by atoms with E-state index in [1.165, 1.54) is 0 Å². The van der Waals surface area contributed by atoms with E-state index < -0.39 is 0 Å². The number of nitrogens with one attached hydrogen (secondary N) is 1. The van der Waals surface area contributed by atoms with Crippen molar-refractivity contribution in [2.75, 3.05) is 24.3 Å². The highest BCUT2D eigenvalue weighted by Crippen LogP contribution is 2.41. The van der Waals surface area contributed by atoms with Gasteiger partial charge in [-0.15, -0.1) is 0 Å². The number of unbranched alkanes of at least 4 members (excludes halogenated alkanes) is 2. The maximum absolute atomic E-state index is 12.4. The van der Waals surface area contributed by atoms with Crippen LogP contribution in [0.3, 0.4) is 0 Å². The zero-order chi connectivity index (χ0) is 23.5. The van der Waals surface area contributed by atoms with Gasteiger partial charge in [0.25, 0.3) is 5.91 Å². The summed E-state index contributed by atoms with van der Waals surface area (Å²) in [6, 6.07) is 20.7. The molecule has 1 amide bonds. The fourth-order valence-electron chi connectivity index (χ4n) is 3.05. The van der Waals surface area contributed by atoms with Crippen LogP contribution in [0.4, 0.5) is 11.4 Å². The molecule has 0 aliphatic rings. The largest absolute Gasteiger partial charge is 0.492 e. The predicted octanol–water partition coefficient (Wildman–Crippen LogP) is 7.03. The molecule has 0 saturated heterocycles. The fourth-order valence-corrected chi connectivity index (χ4v) is 3.96. The van der Waals surface area contributed by atoms with Crippen molar-refractivity contribution in [1.29, 1.82) is 0 Å². The van der Waals surface area contributed by atoms with Gasteiger partial charge in [-0.05, 0) is 55.3 Å². The second kappa shape index (κ2) is 12.8. The third kappa shape index (κ3) is 7.46. The molecule has 3 aromatic carbocycles. The molecular weight excluding hydrogens is 432 g/mol. The van der Waals surface area contributed by atoms with Crippen molar-refractivity contribution in [2.24, 2.45) is 0 Å². The van der Waals surface area contributed by atoms with E-state index in [0.717, 1.165) is 46.9 Å². The SMILES string of the molecule is CCCCOc1cc(Sc2ccc(NC(=O)c3ccccc3)cc2)c(OCCCC)cc1N. The summed E-state index contributed by atoms with van der Waals surface area (Å²) in [6.45, 7) is 5.54. The van der Waals surface area contributed by atoms with Crippen LogP contribution in [0.5, 0.6) is 11.5 Å². The first kappa shape index (κ1) is 24.5. The number of hydrogen-bond donors (Lipinski definition) is 2. The van der Waals surface area contributed by atoms with Gasteiger partial charge in [0.05, 0.1) is 23.8 Å². The van der Waals surface area contributed by atoms with Crippen molar-refractivity contribution in [3.8, 4) is 11.5 Å². The molecule has 0 heterocycles. The van der Waals surface area contributed by atoms with E-state index in [4.69, 9.17) is 15.2 Å². The highest BCUT2D eigenvalue weighted by atomic mass is 32.2. The molecule has 3 rings (SSSR count). The molecule has 6 heteroatoms. The van der Waals surface area contributed by atoms with E-state index in [-0.39, 0.29) is 5.91 Å². The van der Waals surface area contributed by atoms with Crippen molar-refractivity contribution < 1.29 is 14.3 Å². The molecule has 0 aliphatic heterocycles. The Balaban J connectivity index is 1.74. The summed E-state index contributed by atoms with van der Waals surface area (Å²) in [7, 11) is 0. The number of benzene rings is 3. The van der Waals surface area contributed by atoms with Crippen LogP contribution >= 0.6 is 11.8 Å². The average molecular weight is 465 g/mol. The predicted molar refractivity (Wildman–Crippen MR) is 137 cm³/mol. The normalized spacial score (nSPS) is 10.6. The van der Waals surface area contributed by atoms with E-state index in [1.54, 1.807) is 23.9 Å². The zero-order valence-corrected chi connectivity index (χ0v) is 20.1. The lowest BCUT2D eigenvalue weighted by Gasteiger charge is -2.16. The van der Waals surface area contributed by atoms with E-state index >= 15 is 0 Å². The molecule has 0 aromatic heterocycles. The molecule has 174 valence electrons. The Hall–Kier alpha value is -3.12. The van der Waals surface area contributed by atoms with Crippen molar-refractivity contribution in [3.63, 3.8) is 0 Å². The number of carbonyl (C=O) groups excluding carboxylic acids is 1. The molecule has 0 fully saturated rings. The van der Waals surface area contributed by atoms with E-state index in [9.17, 15) is 4.79 Å². The van der Waals surface area contributed by atoms with E-state index in [2.05, 4.69) is 19.2 Å². The Bertz CT molecular complexity index is 1020. The average Bonchev–Trinajstić information content (AvgIpc) is 2.83. The summed E-state index contributed by atoms with van der Waals surface area (Å²) in [6.07, 6.45) is 4.08. The van der Waals surface area contributed by atoms with Crippen molar-refractivity contribution in [2.45, 2.75) is 49.3 Å². The van der Waals surface area contributed by atoms with Crippen LogP contribution in [0.25, 0.3) is 0 Å². The summed E-state index contributed by atoms with van der Waals surface area (Å²) >= 11 is 1.59. The first-order valence-corrected chi connectivity index (χ1v) is 12.3. The van der Waals surface area contributed by atoms with Gasteiger partial charge in [0.15, 0.2) is 0 Å². The monoisotopic (exact) mass is 464 g/mol. The van der Waals surface area contributed by atoms with Gasteiger partial charge in [-0.2, -0.15) is 0 Å². The van der Waals surface area contributed by atoms with Gasteiger partial charge >= 0.3 is 0 Å². The van der Waals surface area contributed by atoms with Crippen molar-refractivity contribution >= 4 is 29.0 Å². The number of carbonyl (C=O) groups is 1. The van der Waals surface area contributed by atoms with Gasteiger partial charge in [0.2, 0.25) is 0 Å². The first-order chi connectivity index (χ1) is 16.1. The van der Waals surface area contributed by atoms with Crippen molar-refractivity contribution in [1.82, 2.24) is 0 Å². The van der Waals surface area contributed by atoms with E-state index in [1.807, 2.05) is 54.6 Å². The summed E-state index contributed by atoms with van der Waals surface area (Å²) in [5, 5.41) is 2.93. The van der Waals surface area contributed by atoms with Crippen LogP contribution in [0, 0.1) is 0 Å². The molecule has 0 aliphatic carbocycles. The van der Waals surface area contributed by atoms with Crippen LogP contribution in [-0.2, 0) is 0 Å². The van der Waals surface area contributed by atoms with E-state index in [0.29, 0.717) is 30.2 Å². The Morgan fingerprint density at radius 3 is 2.15 bits per heavy atom. The fraction of sp³-hybridized carbons (Fsp3) is 0.296. The van der Waals surface area contributed by atoms with Crippen LogP contribution in [-0.4, -0.2) is 19.1 Å². The second-order valence-electron chi connectivity index (χ2n) is 7.69. The van der Waals surface area contributed by atoms with Crippen LogP contribution in [0.2, 0.25) is 0 Å².